The van der Waals surface area contributed by atoms with E-state index in [1.165, 1.54) is 20.3 Å². The van der Waals surface area contributed by atoms with E-state index in [9.17, 15) is 49.7 Å². The normalized spacial score (nSPS) is 26.6. The molecule has 3 fully saturated rings. The van der Waals surface area contributed by atoms with Crippen LogP contribution < -0.4 is 0 Å². The maximum absolute atomic E-state index is 14.0. The fourth-order valence-corrected chi connectivity index (χ4v) is 10.5. The van der Waals surface area contributed by atoms with Gasteiger partial charge in [-0.2, -0.15) is 4.91 Å². The van der Waals surface area contributed by atoms with Crippen molar-refractivity contribution in [2.45, 2.75) is 167 Å². The summed E-state index contributed by atoms with van der Waals surface area (Å²) in [6.45, 7) is 10.3. The van der Waals surface area contributed by atoms with Gasteiger partial charge in [-0.15, -0.1) is 0 Å². The molecule has 3 N–H and O–H groups in total. The van der Waals surface area contributed by atoms with Crippen LogP contribution in [0.2, 0.25) is 0 Å². The molecule has 0 aromatic rings. The SMILES string of the molecule is CO[C@@H](C[C@@H]1CC[C@@H](C)C(O)(C(=O)C(=O)N2CCCC[C@H]2C(=O)O)O1)/C(C)=C/C=C/C=C/[C@@H](C)C[C@@H](CN=[N+]=[N-])C(=O)[C@H](OC)[C@H](O)/C(C)=C/[C@@H](CN=[N+]=[N-])C(=O)C[C@H](C)[C@H](C)C[C@@H]1CC[C@@H](N=O)[C@H](OCN=[N+]=[N-])C1. The Kier molecular flexibility index (Phi) is 27.8. The van der Waals surface area contributed by atoms with E-state index in [0.29, 0.717) is 38.5 Å². The first kappa shape index (κ1) is 64.5. The van der Waals surface area contributed by atoms with E-state index in [1.54, 1.807) is 32.1 Å². The Bertz CT molecular complexity index is 2260. The van der Waals surface area contributed by atoms with Crippen LogP contribution in [0.5, 0.6) is 0 Å². The summed E-state index contributed by atoms with van der Waals surface area (Å²) in [4.78, 5) is 87.3. The number of aliphatic hydroxyl groups is 2. The van der Waals surface area contributed by atoms with Gasteiger partial charge in [-0.05, 0) is 129 Å². The number of carboxylic acid groups (broad SMARTS) is 1. The van der Waals surface area contributed by atoms with Crippen LogP contribution >= 0.6 is 0 Å². The number of Topliss-reactive ketones (excluding diaryl/α,β-unsaturated/α-hetero) is 3. The lowest BCUT2D eigenvalue weighted by atomic mass is 9.76. The zero-order valence-electron chi connectivity index (χ0n) is 45.2. The number of nitrogens with zero attached hydrogens (tertiary/aromatic N) is 11. The fourth-order valence-electron chi connectivity index (χ4n) is 10.5. The van der Waals surface area contributed by atoms with Crippen LogP contribution in [-0.4, -0.2) is 138 Å². The predicted molar refractivity (Wildman–Crippen MR) is 280 cm³/mol. The van der Waals surface area contributed by atoms with Crippen LogP contribution in [0, 0.1) is 46.3 Å². The van der Waals surface area contributed by atoms with Crippen molar-refractivity contribution in [2.24, 2.45) is 61.9 Å². The number of carbonyl (C=O) groups excluding carboxylic acids is 4. The lowest BCUT2D eigenvalue weighted by molar-refractivity contribution is -0.265. The summed E-state index contributed by atoms with van der Waals surface area (Å²) in [5.41, 5.74) is 28.0. The van der Waals surface area contributed by atoms with Crippen molar-refractivity contribution >= 4 is 29.2 Å². The molecular formula is C52H79N11O13. The molecule has 3 rings (SSSR count). The molecule has 2 saturated heterocycles. The van der Waals surface area contributed by atoms with E-state index in [0.717, 1.165) is 23.3 Å². The number of aliphatic hydroxyl groups excluding tert-OH is 1. The van der Waals surface area contributed by atoms with E-state index in [-0.39, 0.29) is 87.1 Å². The third-order valence-electron chi connectivity index (χ3n) is 15.3. The first-order valence-corrected chi connectivity index (χ1v) is 26.2. The van der Waals surface area contributed by atoms with Crippen molar-refractivity contribution in [3.63, 3.8) is 0 Å². The second-order valence-electron chi connectivity index (χ2n) is 20.8. The van der Waals surface area contributed by atoms with Crippen LogP contribution in [0.4, 0.5) is 0 Å². The molecular weight excluding hydrogens is 987 g/mol. The average Bonchev–Trinajstić information content (AvgIpc) is 3.40. The number of rotatable bonds is 32. The quantitative estimate of drug-likeness (QED) is 0.0108. The number of piperidine rings is 1. The maximum Gasteiger partial charge on any atom is 0.326 e. The van der Waals surface area contributed by atoms with Gasteiger partial charge in [-0.1, -0.05) is 84.7 Å². The highest BCUT2D eigenvalue weighted by molar-refractivity contribution is 6.39. The molecule has 3 aliphatic rings. The number of allylic oxidation sites excluding steroid dienone is 5. The average molecular weight is 1070 g/mol. The third kappa shape index (κ3) is 19.0. The first-order valence-electron chi connectivity index (χ1n) is 26.2. The van der Waals surface area contributed by atoms with Gasteiger partial charge < -0.3 is 39.2 Å². The number of ketones is 3. The van der Waals surface area contributed by atoms with Crippen molar-refractivity contribution in [1.29, 1.82) is 0 Å². The Morgan fingerprint density at radius 3 is 2.21 bits per heavy atom. The summed E-state index contributed by atoms with van der Waals surface area (Å²) in [7, 11) is 2.79. The molecule has 420 valence electrons. The number of likely N-dealkylation sites (tertiary alicyclic amines) is 1. The minimum absolute atomic E-state index is 0.0738. The number of carbonyl (C=O) groups is 5. The second-order valence-corrected chi connectivity index (χ2v) is 20.8. The number of ether oxygens (including phenoxy) is 4. The Labute approximate surface area is 444 Å². The fraction of sp³-hybridized carbons (Fsp3) is 0.750. The molecule has 0 aromatic carbocycles. The van der Waals surface area contributed by atoms with E-state index < -0.39 is 89.6 Å². The Morgan fingerprint density at radius 2 is 1.57 bits per heavy atom. The Hall–Kier alpha value is -5.80. The minimum atomic E-state index is -2.43. The number of aliphatic carboxylic acids is 1. The molecule has 1 amide bonds. The zero-order valence-corrected chi connectivity index (χ0v) is 45.2. The van der Waals surface area contributed by atoms with Gasteiger partial charge >= 0.3 is 5.97 Å². The predicted octanol–water partition coefficient (Wildman–Crippen LogP) is 8.97. The molecule has 0 radical (unpaired) electrons. The summed E-state index contributed by atoms with van der Waals surface area (Å²) >= 11 is 0. The number of hydrogen-bond donors (Lipinski definition) is 3. The van der Waals surface area contributed by atoms with Gasteiger partial charge in [0.25, 0.3) is 11.7 Å². The van der Waals surface area contributed by atoms with Crippen LogP contribution in [-0.2, 0) is 42.9 Å². The van der Waals surface area contributed by atoms with Gasteiger partial charge in [-0.25, -0.2) is 4.79 Å². The molecule has 1 unspecified atom stereocenters. The number of azide groups is 3. The number of hydrogen-bond acceptors (Lipinski definition) is 16. The van der Waals surface area contributed by atoms with Gasteiger partial charge in [0, 0.05) is 79.2 Å². The lowest BCUT2D eigenvalue weighted by Gasteiger charge is -2.42. The van der Waals surface area contributed by atoms with Crippen molar-refractivity contribution in [2.75, 3.05) is 40.6 Å². The summed E-state index contributed by atoms with van der Waals surface area (Å²) in [5, 5.41) is 46.7. The largest absolute Gasteiger partial charge is 0.480 e. The highest BCUT2D eigenvalue weighted by Crippen LogP contribution is 2.38. The molecule has 0 bridgehead atoms. The van der Waals surface area contributed by atoms with E-state index in [2.05, 4.69) is 35.3 Å². The molecule has 1 aliphatic carbocycles. The van der Waals surface area contributed by atoms with Gasteiger partial charge in [0.15, 0.2) is 5.78 Å². The molecule has 24 heteroatoms. The monoisotopic (exact) mass is 1070 g/mol. The number of amides is 1. The van der Waals surface area contributed by atoms with Crippen LogP contribution in [0.3, 0.4) is 0 Å². The van der Waals surface area contributed by atoms with E-state index in [1.807, 2.05) is 39.8 Å². The molecule has 2 aliphatic heterocycles. The summed E-state index contributed by atoms with van der Waals surface area (Å²) in [6.07, 6.45) is 11.4. The minimum Gasteiger partial charge on any atom is -0.480 e. The third-order valence-corrected chi connectivity index (χ3v) is 15.3. The van der Waals surface area contributed by atoms with Crippen molar-refractivity contribution < 1.29 is 58.2 Å². The van der Waals surface area contributed by atoms with Crippen LogP contribution in [0.1, 0.15) is 119 Å². The molecule has 0 spiro atoms. The highest BCUT2D eigenvalue weighted by Gasteiger charge is 2.53. The standard InChI is InChI=1S/C52H79N11O13/c1-31(14-10-9-11-15-32(2)44(73-7)27-40-19-17-36(6)52(71,76-40)49(67)50(68)63-21-13-12-16-42(63)51(69)70)22-39(29-57-61-54)47(66)48(74-8)46(65)35(5)24-38(28-56-60-53)43(64)25-34(4)33(3)23-37-18-20-41(59-72)45(26-37)75-30-58-62-55/h9-11,14-15,24,31,33-34,36-42,44-46,48,65,71H,12-13,16-23,25-30H2,1-8H3,(H,69,70)/b11-9+,14-10+,32-15+,35-24+/t31-,33-,34+,36-,37+,38+,39+,40+,41-,42+,44+,45-,46-,48-,52?/m1/s1. The molecule has 15 atom stereocenters. The van der Waals surface area contributed by atoms with Crippen molar-refractivity contribution in [3.8, 4) is 0 Å². The van der Waals surface area contributed by atoms with Gasteiger partial charge in [-0.3, -0.25) is 19.2 Å². The molecule has 2 heterocycles. The van der Waals surface area contributed by atoms with Gasteiger partial charge in [0.2, 0.25) is 5.79 Å². The first-order chi connectivity index (χ1) is 36.2. The second kappa shape index (κ2) is 32.7. The number of carboxylic acids is 1. The molecule has 1 saturated carbocycles. The lowest BCUT2D eigenvalue weighted by Crippen LogP contribution is -2.60. The topological polar surface area (TPSA) is 362 Å². The van der Waals surface area contributed by atoms with Crippen LogP contribution in [0.15, 0.2) is 68.1 Å². The van der Waals surface area contributed by atoms with Crippen LogP contribution in [0.25, 0.3) is 31.3 Å². The summed E-state index contributed by atoms with van der Waals surface area (Å²) in [6, 6.07) is -1.68. The highest BCUT2D eigenvalue weighted by atomic mass is 16.6. The Balaban J connectivity index is 1.64. The summed E-state index contributed by atoms with van der Waals surface area (Å²) < 4.78 is 22.9. The van der Waals surface area contributed by atoms with E-state index in [4.69, 9.17) is 30.0 Å². The Morgan fingerprint density at radius 1 is 0.868 bits per heavy atom. The van der Waals surface area contributed by atoms with E-state index >= 15 is 0 Å². The summed E-state index contributed by atoms with van der Waals surface area (Å²) in [5.74, 6) is -9.17. The van der Waals surface area contributed by atoms with Crippen molar-refractivity contribution in [3.05, 3.63) is 83.8 Å². The molecule has 0 aromatic heterocycles. The van der Waals surface area contributed by atoms with Gasteiger partial charge in [0.05, 0.1) is 18.3 Å². The smallest absolute Gasteiger partial charge is 0.326 e. The number of nitroso groups, excluding NO2 is 1. The molecule has 24 nitrogen and oxygen atoms in total. The zero-order chi connectivity index (χ0) is 56.5. The van der Waals surface area contributed by atoms with Gasteiger partial charge in [0.1, 0.15) is 36.8 Å². The molecule has 76 heavy (non-hydrogen) atoms. The maximum atomic E-state index is 14.0. The number of methoxy groups -OCH3 is 2. The van der Waals surface area contributed by atoms with Crippen molar-refractivity contribution in [1.82, 2.24) is 4.90 Å².